The minimum absolute atomic E-state index is 0.0657. The van der Waals surface area contributed by atoms with Gasteiger partial charge in [0.1, 0.15) is 0 Å². The Bertz CT molecular complexity index is 770. The quantitative estimate of drug-likeness (QED) is 0.929. The number of carbonyl (C=O) groups excluding carboxylic acids is 1. The molecule has 1 aliphatic heterocycles. The summed E-state index contributed by atoms with van der Waals surface area (Å²) >= 11 is 6.35. The van der Waals surface area contributed by atoms with E-state index in [-0.39, 0.29) is 5.92 Å². The summed E-state index contributed by atoms with van der Waals surface area (Å²) in [5.74, 6) is 0.361. The number of halogens is 1. The first-order valence-corrected chi connectivity index (χ1v) is 9.06. The Morgan fingerprint density at radius 3 is 3.08 bits per heavy atom. The monoisotopic (exact) mass is 343 g/mol. The van der Waals surface area contributed by atoms with Gasteiger partial charge in [-0.3, -0.25) is 9.89 Å². The van der Waals surface area contributed by atoms with Crippen molar-refractivity contribution in [3.05, 3.63) is 51.8 Å². The predicted octanol–water partition coefficient (Wildman–Crippen LogP) is 3.32. The molecule has 1 aliphatic carbocycles. The van der Waals surface area contributed by atoms with E-state index in [2.05, 4.69) is 27.2 Å². The molecule has 1 amide bonds. The number of carbonyl (C=O) groups is 1. The summed E-state index contributed by atoms with van der Waals surface area (Å²) in [6, 6.07) is 6.43. The van der Waals surface area contributed by atoms with Crippen molar-refractivity contribution in [1.29, 1.82) is 0 Å². The number of amides is 1. The zero-order chi connectivity index (χ0) is 16.7. The molecule has 2 aliphatic rings. The number of aromatic nitrogens is 2. The molecule has 2 heterocycles. The van der Waals surface area contributed by atoms with Gasteiger partial charge in [-0.15, -0.1) is 0 Å². The second-order valence-corrected chi connectivity index (χ2v) is 7.49. The SMILES string of the molecule is Cc1ccc(CC2CCN(C3CCc4[nH]ncc4C3)C2=O)c(Cl)c1. The van der Waals surface area contributed by atoms with Crippen LogP contribution in [0.2, 0.25) is 5.02 Å². The lowest BCUT2D eigenvalue weighted by molar-refractivity contribution is -0.133. The molecule has 1 aromatic carbocycles. The summed E-state index contributed by atoms with van der Waals surface area (Å²) in [6.07, 6.45) is 6.52. The number of hydrogen-bond acceptors (Lipinski definition) is 2. The molecular weight excluding hydrogens is 322 g/mol. The van der Waals surface area contributed by atoms with Gasteiger partial charge in [0.15, 0.2) is 0 Å². The highest BCUT2D eigenvalue weighted by molar-refractivity contribution is 6.31. The molecule has 4 nitrogen and oxygen atoms in total. The fraction of sp³-hybridized carbons (Fsp3) is 0.474. The second kappa shape index (κ2) is 6.25. The molecule has 1 aromatic heterocycles. The number of rotatable bonds is 3. The highest BCUT2D eigenvalue weighted by atomic mass is 35.5. The lowest BCUT2D eigenvalue weighted by atomic mass is 9.92. The first-order valence-electron chi connectivity index (χ1n) is 8.68. The van der Waals surface area contributed by atoms with E-state index in [1.54, 1.807) is 0 Å². The molecular formula is C19H22ClN3O. The maximum Gasteiger partial charge on any atom is 0.226 e. The van der Waals surface area contributed by atoms with Crippen LogP contribution in [0, 0.1) is 12.8 Å². The fourth-order valence-electron chi connectivity index (χ4n) is 4.06. The Kier molecular flexibility index (Phi) is 4.09. The minimum atomic E-state index is 0.0657. The van der Waals surface area contributed by atoms with Crippen LogP contribution in [0.4, 0.5) is 0 Å². The average Bonchev–Trinajstić information content (AvgIpc) is 3.16. The molecule has 2 atom stereocenters. The third-order valence-corrected chi connectivity index (χ3v) is 5.81. The van der Waals surface area contributed by atoms with Crippen LogP contribution in [0.1, 0.15) is 35.2 Å². The van der Waals surface area contributed by atoms with Crippen molar-refractivity contribution >= 4 is 17.5 Å². The van der Waals surface area contributed by atoms with Crippen molar-refractivity contribution < 1.29 is 4.79 Å². The van der Waals surface area contributed by atoms with Crippen LogP contribution in [-0.4, -0.2) is 33.6 Å². The van der Waals surface area contributed by atoms with Gasteiger partial charge in [0.2, 0.25) is 5.91 Å². The van der Waals surface area contributed by atoms with Gasteiger partial charge >= 0.3 is 0 Å². The predicted molar refractivity (Wildman–Crippen MR) is 94.1 cm³/mol. The van der Waals surface area contributed by atoms with Gasteiger partial charge in [0.25, 0.3) is 0 Å². The molecule has 0 bridgehead atoms. The molecule has 0 radical (unpaired) electrons. The van der Waals surface area contributed by atoms with E-state index in [4.69, 9.17) is 11.6 Å². The minimum Gasteiger partial charge on any atom is -0.339 e. The number of likely N-dealkylation sites (tertiary alicyclic amines) is 1. The molecule has 0 spiro atoms. The van der Waals surface area contributed by atoms with Crippen LogP contribution in [0.3, 0.4) is 0 Å². The summed E-state index contributed by atoms with van der Waals surface area (Å²) in [4.78, 5) is 15.0. The molecule has 24 heavy (non-hydrogen) atoms. The van der Waals surface area contributed by atoms with Crippen molar-refractivity contribution in [2.24, 2.45) is 5.92 Å². The first kappa shape index (κ1) is 15.7. The Labute approximate surface area is 147 Å². The molecule has 2 aromatic rings. The Hall–Kier alpha value is -1.81. The van der Waals surface area contributed by atoms with E-state index in [0.29, 0.717) is 11.9 Å². The lowest BCUT2D eigenvalue weighted by Crippen LogP contribution is -2.41. The van der Waals surface area contributed by atoms with Gasteiger partial charge < -0.3 is 4.90 Å². The number of benzene rings is 1. The van der Waals surface area contributed by atoms with E-state index in [0.717, 1.165) is 54.8 Å². The van der Waals surface area contributed by atoms with Gasteiger partial charge in [-0.25, -0.2) is 0 Å². The number of nitrogens with zero attached hydrogens (tertiary/aromatic N) is 2. The van der Waals surface area contributed by atoms with E-state index in [1.807, 2.05) is 19.2 Å². The van der Waals surface area contributed by atoms with Crippen LogP contribution < -0.4 is 0 Å². The summed E-state index contributed by atoms with van der Waals surface area (Å²) < 4.78 is 0. The Balaban J connectivity index is 1.45. The largest absolute Gasteiger partial charge is 0.339 e. The molecule has 5 heteroatoms. The standard InChI is InChI=1S/C19H22ClN3O/c1-12-2-3-13(17(20)8-12)9-14-6-7-23(19(14)24)16-4-5-18-15(10-16)11-21-22-18/h2-3,8,11,14,16H,4-7,9-10H2,1H3,(H,21,22). The maximum atomic E-state index is 12.9. The number of aryl methyl sites for hydroxylation is 2. The van der Waals surface area contributed by atoms with Crippen LogP contribution in [-0.2, 0) is 24.1 Å². The molecule has 2 unspecified atom stereocenters. The molecule has 1 fully saturated rings. The molecule has 126 valence electrons. The molecule has 1 N–H and O–H groups in total. The second-order valence-electron chi connectivity index (χ2n) is 7.09. The van der Waals surface area contributed by atoms with Gasteiger partial charge in [-0.1, -0.05) is 23.7 Å². The number of nitrogens with one attached hydrogen (secondary N) is 1. The smallest absolute Gasteiger partial charge is 0.226 e. The van der Waals surface area contributed by atoms with Crippen molar-refractivity contribution in [1.82, 2.24) is 15.1 Å². The average molecular weight is 344 g/mol. The van der Waals surface area contributed by atoms with Crippen molar-refractivity contribution in [2.75, 3.05) is 6.54 Å². The highest BCUT2D eigenvalue weighted by Crippen LogP contribution is 2.31. The van der Waals surface area contributed by atoms with Crippen LogP contribution in [0.25, 0.3) is 0 Å². The molecule has 0 saturated carbocycles. The third-order valence-electron chi connectivity index (χ3n) is 5.46. The van der Waals surface area contributed by atoms with Crippen molar-refractivity contribution in [3.63, 3.8) is 0 Å². The van der Waals surface area contributed by atoms with E-state index in [1.165, 1.54) is 11.3 Å². The maximum absolute atomic E-state index is 12.9. The Morgan fingerprint density at radius 1 is 1.38 bits per heavy atom. The van der Waals surface area contributed by atoms with Gasteiger partial charge in [-0.2, -0.15) is 5.10 Å². The molecule has 1 saturated heterocycles. The van der Waals surface area contributed by atoms with Gasteiger partial charge in [-0.05, 0) is 61.8 Å². The summed E-state index contributed by atoms with van der Waals surface area (Å²) in [5, 5.41) is 7.97. The fourth-order valence-corrected chi connectivity index (χ4v) is 4.37. The van der Waals surface area contributed by atoms with Gasteiger partial charge in [0.05, 0.1) is 6.20 Å². The van der Waals surface area contributed by atoms with Crippen LogP contribution in [0.15, 0.2) is 24.4 Å². The van der Waals surface area contributed by atoms with E-state index < -0.39 is 0 Å². The number of aromatic amines is 1. The zero-order valence-corrected chi connectivity index (χ0v) is 14.6. The van der Waals surface area contributed by atoms with E-state index >= 15 is 0 Å². The van der Waals surface area contributed by atoms with Crippen molar-refractivity contribution in [3.8, 4) is 0 Å². The Morgan fingerprint density at radius 2 is 2.25 bits per heavy atom. The normalized spacial score (nSPS) is 23.6. The van der Waals surface area contributed by atoms with Crippen LogP contribution >= 0.6 is 11.6 Å². The number of hydrogen-bond donors (Lipinski definition) is 1. The van der Waals surface area contributed by atoms with Gasteiger partial charge in [0, 0.05) is 29.2 Å². The van der Waals surface area contributed by atoms with Crippen molar-refractivity contribution in [2.45, 2.75) is 45.1 Å². The summed E-state index contributed by atoms with van der Waals surface area (Å²) in [6.45, 7) is 2.90. The zero-order valence-electron chi connectivity index (χ0n) is 13.9. The third kappa shape index (κ3) is 2.84. The number of H-pyrrole nitrogens is 1. The summed E-state index contributed by atoms with van der Waals surface area (Å²) in [7, 11) is 0. The highest BCUT2D eigenvalue weighted by Gasteiger charge is 2.37. The first-order chi connectivity index (χ1) is 11.6. The molecule has 4 rings (SSSR count). The van der Waals surface area contributed by atoms with E-state index in [9.17, 15) is 4.79 Å². The number of fused-ring (bicyclic) bond motifs is 1. The lowest BCUT2D eigenvalue weighted by Gasteiger charge is -2.31. The topological polar surface area (TPSA) is 49.0 Å². The van der Waals surface area contributed by atoms with Crippen LogP contribution in [0.5, 0.6) is 0 Å². The summed E-state index contributed by atoms with van der Waals surface area (Å²) in [5.41, 5.74) is 4.74.